The lowest BCUT2D eigenvalue weighted by molar-refractivity contribution is 0.319. The van der Waals surface area contributed by atoms with Crippen LogP contribution in [0, 0.1) is 5.92 Å². The van der Waals surface area contributed by atoms with Crippen LogP contribution < -0.4 is 5.32 Å². The standard InChI is InChI=1S/C15H15N5O/c1-9-4-5-18-13(9)15-19-14(20-21-15)10-2-3-11-12(8-10)17-7-6-16-11/h2-3,6-9,13,18H,4-5H2,1H3. The summed E-state index contributed by atoms with van der Waals surface area (Å²) in [6, 6.07) is 5.95. The molecule has 2 atom stereocenters. The van der Waals surface area contributed by atoms with Gasteiger partial charge in [-0.1, -0.05) is 12.1 Å². The average molecular weight is 281 g/mol. The highest BCUT2D eigenvalue weighted by Gasteiger charge is 2.29. The maximum Gasteiger partial charge on any atom is 0.244 e. The van der Waals surface area contributed by atoms with E-state index >= 15 is 0 Å². The van der Waals surface area contributed by atoms with E-state index in [9.17, 15) is 0 Å². The van der Waals surface area contributed by atoms with Crippen molar-refractivity contribution in [3.63, 3.8) is 0 Å². The van der Waals surface area contributed by atoms with Crippen LogP contribution in [-0.4, -0.2) is 26.7 Å². The largest absolute Gasteiger partial charge is 0.337 e. The lowest BCUT2D eigenvalue weighted by atomic mass is 10.0. The molecule has 1 aliphatic heterocycles. The predicted molar refractivity (Wildman–Crippen MR) is 77.4 cm³/mol. The Morgan fingerprint density at radius 1 is 1.19 bits per heavy atom. The average Bonchev–Trinajstić information content (AvgIpc) is 3.15. The molecule has 0 saturated carbocycles. The molecule has 0 radical (unpaired) electrons. The fourth-order valence-electron chi connectivity index (χ4n) is 2.75. The third-order valence-electron chi connectivity index (χ3n) is 3.97. The molecular formula is C15H15N5O. The highest BCUT2D eigenvalue weighted by Crippen LogP contribution is 2.29. The molecule has 21 heavy (non-hydrogen) atoms. The van der Waals surface area contributed by atoms with E-state index < -0.39 is 0 Å². The van der Waals surface area contributed by atoms with Gasteiger partial charge >= 0.3 is 0 Å². The Balaban J connectivity index is 1.70. The lowest BCUT2D eigenvalue weighted by Gasteiger charge is -2.09. The Kier molecular flexibility index (Phi) is 2.89. The van der Waals surface area contributed by atoms with Gasteiger partial charge in [0.2, 0.25) is 11.7 Å². The Morgan fingerprint density at radius 2 is 2.05 bits per heavy atom. The van der Waals surface area contributed by atoms with Gasteiger partial charge in [-0.2, -0.15) is 4.98 Å². The van der Waals surface area contributed by atoms with Gasteiger partial charge in [0.15, 0.2) is 0 Å². The second-order valence-corrected chi connectivity index (χ2v) is 5.41. The normalized spacial score (nSPS) is 22.0. The van der Waals surface area contributed by atoms with E-state index in [0.717, 1.165) is 29.6 Å². The molecule has 6 nitrogen and oxygen atoms in total. The van der Waals surface area contributed by atoms with E-state index in [0.29, 0.717) is 17.6 Å². The molecule has 6 heteroatoms. The molecular weight excluding hydrogens is 266 g/mol. The third kappa shape index (κ3) is 2.17. The van der Waals surface area contributed by atoms with Crippen molar-refractivity contribution in [2.75, 3.05) is 6.54 Å². The summed E-state index contributed by atoms with van der Waals surface area (Å²) < 4.78 is 5.43. The van der Waals surface area contributed by atoms with Crippen molar-refractivity contribution in [3.8, 4) is 11.4 Å². The first-order chi connectivity index (χ1) is 10.3. The molecule has 4 rings (SSSR count). The summed E-state index contributed by atoms with van der Waals surface area (Å²) in [4.78, 5) is 13.1. The molecule has 1 N–H and O–H groups in total. The van der Waals surface area contributed by atoms with Gasteiger partial charge in [-0.25, -0.2) is 0 Å². The van der Waals surface area contributed by atoms with Crippen LogP contribution >= 0.6 is 0 Å². The minimum absolute atomic E-state index is 0.159. The van der Waals surface area contributed by atoms with Gasteiger partial charge in [-0.3, -0.25) is 9.97 Å². The van der Waals surface area contributed by atoms with Crippen molar-refractivity contribution in [1.82, 2.24) is 25.4 Å². The molecule has 3 heterocycles. The molecule has 1 fully saturated rings. The molecule has 2 unspecified atom stereocenters. The van der Waals surface area contributed by atoms with Gasteiger partial charge in [-0.05, 0) is 37.1 Å². The molecule has 1 aromatic carbocycles. The molecule has 0 aliphatic carbocycles. The van der Waals surface area contributed by atoms with Crippen LogP contribution in [0.4, 0.5) is 0 Å². The summed E-state index contributed by atoms with van der Waals surface area (Å²) in [5.41, 5.74) is 2.58. The maximum atomic E-state index is 5.43. The number of nitrogens with one attached hydrogen (secondary N) is 1. The Labute approximate surface area is 121 Å². The molecule has 3 aromatic rings. The number of hydrogen-bond donors (Lipinski definition) is 1. The highest BCUT2D eigenvalue weighted by molar-refractivity contribution is 5.79. The van der Waals surface area contributed by atoms with Crippen LogP contribution in [-0.2, 0) is 0 Å². The van der Waals surface area contributed by atoms with E-state index in [4.69, 9.17) is 4.52 Å². The monoisotopic (exact) mass is 281 g/mol. The Bertz CT molecular complexity index is 784. The second-order valence-electron chi connectivity index (χ2n) is 5.41. The van der Waals surface area contributed by atoms with Gasteiger partial charge in [-0.15, -0.1) is 0 Å². The molecule has 2 aromatic heterocycles. The zero-order valence-corrected chi connectivity index (χ0v) is 11.7. The van der Waals surface area contributed by atoms with Gasteiger partial charge < -0.3 is 9.84 Å². The number of rotatable bonds is 2. The Morgan fingerprint density at radius 3 is 2.86 bits per heavy atom. The van der Waals surface area contributed by atoms with E-state index in [1.807, 2.05) is 18.2 Å². The summed E-state index contributed by atoms with van der Waals surface area (Å²) in [6.45, 7) is 3.19. The van der Waals surface area contributed by atoms with E-state index in [1.165, 1.54) is 0 Å². The number of hydrogen-bond acceptors (Lipinski definition) is 6. The van der Waals surface area contributed by atoms with Gasteiger partial charge in [0.1, 0.15) is 0 Å². The minimum Gasteiger partial charge on any atom is -0.337 e. The van der Waals surface area contributed by atoms with Crippen LogP contribution in [0.3, 0.4) is 0 Å². The topological polar surface area (TPSA) is 76.7 Å². The van der Waals surface area contributed by atoms with Crippen molar-refractivity contribution in [2.24, 2.45) is 5.92 Å². The molecule has 106 valence electrons. The van der Waals surface area contributed by atoms with Crippen LogP contribution in [0.25, 0.3) is 22.4 Å². The fraction of sp³-hybridized carbons (Fsp3) is 0.333. The number of nitrogens with zero attached hydrogens (tertiary/aromatic N) is 4. The SMILES string of the molecule is CC1CCNC1c1nc(-c2ccc3nccnc3c2)no1. The zero-order chi connectivity index (χ0) is 14.2. The molecule has 0 bridgehead atoms. The van der Waals surface area contributed by atoms with Crippen LogP contribution in [0.5, 0.6) is 0 Å². The smallest absolute Gasteiger partial charge is 0.244 e. The lowest BCUT2D eigenvalue weighted by Crippen LogP contribution is -2.16. The fourth-order valence-corrected chi connectivity index (χ4v) is 2.75. The van der Waals surface area contributed by atoms with Gasteiger partial charge in [0.25, 0.3) is 0 Å². The first-order valence-electron chi connectivity index (χ1n) is 7.09. The predicted octanol–water partition coefficient (Wildman–Crippen LogP) is 2.35. The van der Waals surface area contributed by atoms with E-state index in [2.05, 4.69) is 32.3 Å². The van der Waals surface area contributed by atoms with Crippen LogP contribution in [0.1, 0.15) is 25.3 Å². The summed E-state index contributed by atoms with van der Waals surface area (Å²) >= 11 is 0. The van der Waals surface area contributed by atoms with Crippen molar-refractivity contribution < 1.29 is 4.52 Å². The number of aromatic nitrogens is 4. The van der Waals surface area contributed by atoms with Crippen molar-refractivity contribution >= 4 is 11.0 Å². The molecule has 0 spiro atoms. The van der Waals surface area contributed by atoms with Crippen molar-refractivity contribution in [1.29, 1.82) is 0 Å². The summed E-state index contributed by atoms with van der Waals surface area (Å²) in [5, 5.41) is 7.50. The van der Waals surface area contributed by atoms with Crippen molar-refractivity contribution in [3.05, 3.63) is 36.5 Å². The van der Waals surface area contributed by atoms with Crippen LogP contribution in [0.15, 0.2) is 35.1 Å². The third-order valence-corrected chi connectivity index (χ3v) is 3.97. The van der Waals surface area contributed by atoms with Gasteiger partial charge in [0, 0.05) is 18.0 Å². The number of fused-ring (bicyclic) bond motifs is 1. The van der Waals surface area contributed by atoms with E-state index in [-0.39, 0.29) is 6.04 Å². The maximum absolute atomic E-state index is 5.43. The number of benzene rings is 1. The molecule has 0 amide bonds. The van der Waals surface area contributed by atoms with Crippen molar-refractivity contribution in [2.45, 2.75) is 19.4 Å². The quantitative estimate of drug-likeness (QED) is 0.777. The zero-order valence-electron chi connectivity index (χ0n) is 11.7. The highest BCUT2D eigenvalue weighted by atomic mass is 16.5. The summed E-state index contributed by atoms with van der Waals surface area (Å²) in [7, 11) is 0. The van der Waals surface area contributed by atoms with Crippen LogP contribution in [0.2, 0.25) is 0 Å². The first-order valence-corrected chi connectivity index (χ1v) is 7.09. The first kappa shape index (κ1) is 12.4. The second kappa shape index (κ2) is 4.89. The summed E-state index contributed by atoms with van der Waals surface area (Å²) in [6.07, 6.45) is 4.49. The summed E-state index contributed by atoms with van der Waals surface area (Å²) in [5.74, 6) is 1.77. The minimum atomic E-state index is 0.159. The molecule has 1 saturated heterocycles. The van der Waals surface area contributed by atoms with Gasteiger partial charge in [0.05, 0.1) is 17.1 Å². The molecule has 1 aliphatic rings. The van der Waals surface area contributed by atoms with E-state index in [1.54, 1.807) is 12.4 Å². The Hall–Kier alpha value is -2.34.